The lowest BCUT2D eigenvalue weighted by Crippen LogP contribution is -2.49. The molecule has 0 unspecified atom stereocenters. The van der Waals surface area contributed by atoms with E-state index in [1.807, 2.05) is 6.92 Å². The summed E-state index contributed by atoms with van der Waals surface area (Å²) in [4.78, 5) is 35.1. The first-order valence-electron chi connectivity index (χ1n) is 13.2. The highest BCUT2D eigenvalue weighted by Gasteiger charge is 2.30. The summed E-state index contributed by atoms with van der Waals surface area (Å²) in [7, 11) is 1.42. The molecule has 2 N–H and O–H groups in total. The van der Waals surface area contributed by atoms with Crippen LogP contribution in [0.25, 0.3) is 16.9 Å². The number of hydrogen-bond acceptors (Lipinski definition) is 5. The molecule has 3 heterocycles. The number of carbonyl (C=O) groups excluding carboxylic acids is 2. The number of benzene rings is 2. The largest absolute Gasteiger partial charge is 0.453 e. The highest BCUT2D eigenvalue weighted by Crippen LogP contribution is 2.31. The summed E-state index contributed by atoms with van der Waals surface area (Å²) < 4.78 is 37.3. The van der Waals surface area contributed by atoms with E-state index in [0.29, 0.717) is 28.5 Å². The lowest BCUT2D eigenvalue weighted by atomic mass is 10.1. The van der Waals surface area contributed by atoms with Gasteiger partial charge in [0.2, 0.25) is 5.91 Å². The average molecular weight is 571 g/mol. The number of rotatable bonds is 8. The van der Waals surface area contributed by atoms with Gasteiger partial charge in [-0.25, -0.2) is 13.8 Å². The van der Waals surface area contributed by atoms with E-state index in [9.17, 15) is 14.0 Å². The third kappa shape index (κ3) is 5.49. The van der Waals surface area contributed by atoms with Gasteiger partial charge in [-0.2, -0.15) is 0 Å². The van der Waals surface area contributed by atoms with Crippen LogP contribution in [-0.4, -0.2) is 28.3 Å². The number of amides is 2. The highest BCUT2D eigenvalue weighted by atomic mass is 19.1. The maximum Gasteiger partial charge on any atom is 0.325 e. The Kier molecular flexibility index (Phi) is 6.99. The third-order valence-electron chi connectivity index (χ3n) is 6.86. The van der Waals surface area contributed by atoms with Crippen LogP contribution in [0, 0.1) is 24.5 Å². The number of anilines is 2. The average Bonchev–Trinajstić information content (AvgIpc) is 3.75. The second kappa shape index (κ2) is 10.9. The molecule has 2 amide bonds. The number of aryl methyl sites for hydroxylation is 1. The number of ether oxygens (including phenoxy) is 1. The molecule has 1 fully saturated rings. The minimum absolute atomic E-state index is 0.0446. The monoisotopic (exact) mass is 570 g/mol. The van der Waals surface area contributed by atoms with Crippen molar-refractivity contribution < 1.29 is 32.7 Å². The summed E-state index contributed by atoms with van der Waals surface area (Å²) >= 11 is 0. The van der Waals surface area contributed by atoms with Crippen LogP contribution in [0.4, 0.5) is 20.3 Å². The van der Waals surface area contributed by atoms with Crippen molar-refractivity contribution >= 4 is 29.0 Å². The van der Waals surface area contributed by atoms with Crippen molar-refractivity contribution in [2.45, 2.75) is 19.8 Å². The molecule has 1 aliphatic rings. The summed E-state index contributed by atoms with van der Waals surface area (Å²) in [5, 5.41) is 5.48. The third-order valence-corrected chi connectivity index (χ3v) is 6.86. The van der Waals surface area contributed by atoms with Gasteiger partial charge in [0.05, 0.1) is 18.0 Å². The highest BCUT2D eigenvalue weighted by molar-refractivity contribution is 6.02. The Hall–Kier alpha value is -5.32. The van der Waals surface area contributed by atoms with Crippen molar-refractivity contribution in [1.29, 1.82) is 0 Å². The molecule has 6 rings (SSSR count). The Morgan fingerprint density at radius 2 is 1.76 bits per heavy atom. The minimum Gasteiger partial charge on any atom is -0.453 e. The minimum atomic E-state index is -0.688. The topological polar surface area (TPSA) is 97.8 Å². The predicted molar refractivity (Wildman–Crippen MR) is 150 cm³/mol. The van der Waals surface area contributed by atoms with Crippen LogP contribution in [-0.2, 0) is 4.79 Å². The van der Waals surface area contributed by atoms with Crippen LogP contribution in [0.2, 0.25) is 0 Å². The SMILES string of the molecule is CO[n+]1c(C(=O)Nc2ccc(Oc3ccc4nc(NC(=O)C5CC5)cn4c3)c(F)c2)ccc(C)c1-c1ccc(F)cc1. The molecule has 1 aliphatic carbocycles. The fraction of sp³-hybridized carbons (Fsp3) is 0.161. The summed E-state index contributed by atoms with van der Waals surface area (Å²) in [6, 6.07) is 16.6. The van der Waals surface area contributed by atoms with Crippen molar-refractivity contribution in [3.8, 4) is 22.8 Å². The lowest BCUT2D eigenvalue weighted by molar-refractivity contribution is -0.878. The van der Waals surface area contributed by atoms with Crippen LogP contribution < -0.4 is 24.9 Å². The molecule has 0 bridgehead atoms. The maximum atomic E-state index is 15.0. The van der Waals surface area contributed by atoms with Crippen molar-refractivity contribution in [3.63, 3.8) is 0 Å². The van der Waals surface area contributed by atoms with Crippen LogP contribution in [0.15, 0.2) is 79.1 Å². The molecule has 11 heteroatoms. The number of imidazole rings is 1. The van der Waals surface area contributed by atoms with E-state index in [0.717, 1.165) is 24.5 Å². The van der Waals surface area contributed by atoms with Crippen LogP contribution in [0.3, 0.4) is 0 Å². The molecule has 9 nitrogen and oxygen atoms in total. The zero-order valence-electron chi connectivity index (χ0n) is 22.7. The molecule has 0 atom stereocenters. The van der Waals surface area contributed by atoms with Gasteiger partial charge in [0.1, 0.15) is 24.3 Å². The summed E-state index contributed by atoms with van der Waals surface area (Å²) in [6.07, 6.45) is 5.08. The van der Waals surface area contributed by atoms with Gasteiger partial charge in [-0.3, -0.25) is 14.4 Å². The fourth-order valence-corrected chi connectivity index (χ4v) is 4.59. The molecule has 0 radical (unpaired) electrons. The normalized spacial score (nSPS) is 12.7. The molecule has 0 spiro atoms. The number of nitrogens with one attached hydrogen (secondary N) is 2. The molecule has 3 aromatic heterocycles. The second-order valence-corrected chi connectivity index (χ2v) is 9.96. The van der Waals surface area contributed by atoms with Gasteiger partial charge in [0, 0.05) is 34.0 Å². The lowest BCUT2D eigenvalue weighted by Gasteiger charge is -2.10. The van der Waals surface area contributed by atoms with Crippen LogP contribution >= 0.6 is 0 Å². The maximum absolute atomic E-state index is 15.0. The van der Waals surface area contributed by atoms with Crippen molar-refractivity contribution in [2.24, 2.45) is 5.92 Å². The quantitative estimate of drug-likeness (QED) is 0.246. The Bertz CT molecular complexity index is 1830. The molecule has 212 valence electrons. The molecule has 5 aromatic rings. The van der Waals surface area contributed by atoms with Gasteiger partial charge in [-0.15, -0.1) is 0 Å². The van der Waals surface area contributed by atoms with Gasteiger partial charge < -0.3 is 19.8 Å². The van der Waals surface area contributed by atoms with Crippen molar-refractivity contribution in [2.75, 3.05) is 17.7 Å². The Morgan fingerprint density at radius 3 is 2.48 bits per heavy atom. The van der Waals surface area contributed by atoms with E-state index in [2.05, 4.69) is 15.6 Å². The molecule has 2 aromatic carbocycles. The van der Waals surface area contributed by atoms with E-state index in [-0.39, 0.29) is 34.8 Å². The summed E-state index contributed by atoms with van der Waals surface area (Å²) in [6.45, 7) is 1.85. The number of aromatic nitrogens is 3. The first kappa shape index (κ1) is 26.9. The second-order valence-electron chi connectivity index (χ2n) is 9.96. The molecular formula is C31H26F2N5O4+. The Morgan fingerprint density at radius 1 is 0.976 bits per heavy atom. The molecule has 0 saturated heterocycles. The number of nitrogens with zero attached hydrogens (tertiary/aromatic N) is 3. The van der Waals surface area contributed by atoms with Crippen molar-refractivity contribution in [3.05, 3.63) is 102 Å². The molecule has 1 saturated carbocycles. The van der Waals surface area contributed by atoms with E-state index >= 15 is 4.39 Å². The number of halogens is 2. The molecular weight excluding hydrogens is 544 g/mol. The van der Waals surface area contributed by atoms with Gasteiger partial charge in [-0.05, 0) is 74.4 Å². The smallest absolute Gasteiger partial charge is 0.325 e. The summed E-state index contributed by atoms with van der Waals surface area (Å²) in [5.74, 6) is -0.856. The van der Waals surface area contributed by atoms with Gasteiger partial charge in [0.15, 0.2) is 17.4 Å². The zero-order valence-corrected chi connectivity index (χ0v) is 22.7. The number of pyridine rings is 2. The summed E-state index contributed by atoms with van der Waals surface area (Å²) in [5.41, 5.74) is 3.00. The number of fused-ring (bicyclic) bond motifs is 1. The van der Waals surface area contributed by atoms with Gasteiger partial charge in [0.25, 0.3) is 5.69 Å². The Labute approximate surface area is 239 Å². The van der Waals surface area contributed by atoms with Crippen LogP contribution in [0.1, 0.15) is 28.9 Å². The first-order valence-corrected chi connectivity index (χ1v) is 13.2. The van der Waals surface area contributed by atoms with E-state index in [1.54, 1.807) is 53.2 Å². The Balaban J connectivity index is 1.18. The fourth-order valence-electron chi connectivity index (χ4n) is 4.59. The van der Waals surface area contributed by atoms with E-state index in [4.69, 9.17) is 9.57 Å². The van der Waals surface area contributed by atoms with E-state index in [1.165, 1.54) is 36.1 Å². The predicted octanol–water partition coefficient (Wildman–Crippen LogP) is 5.33. The first-order chi connectivity index (χ1) is 20.3. The van der Waals surface area contributed by atoms with Crippen molar-refractivity contribution in [1.82, 2.24) is 9.38 Å². The number of hydrogen-bond donors (Lipinski definition) is 2. The van der Waals surface area contributed by atoms with Crippen LogP contribution in [0.5, 0.6) is 11.5 Å². The van der Waals surface area contributed by atoms with E-state index < -0.39 is 11.7 Å². The zero-order chi connectivity index (χ0) is 29.4. The standard InChI is InChI=1S/C31H25F2N5O4/c1-18-3-12-25(38(41-2)29(18)19-6-8-21(32)9-7-19)31(40)34-22-10-13-26(24(33)15-22)42-23-11-14-28-35-27(17-37(28)16-23)36-30(39)20-4-5-20/h3,6-17,20H,4-5H2,1-2H3,(H-,34,36,39,40)/p+1. The molecule has 42 heavy (non-hydrogen) atoms. The van der Waals surface area contributed by atoms with Gasteiger partial charge >= 0.3 is 11.6 Å². The van der Waals surface area contributed by atoms with Gasteiger partial charge in [-0.1, -0.05) is 0 Å². The molecule has 0 aliphatic heterocycles. The number of carbonyl (C=O) groups is 2.